The molecule has 0 aliphatic carbocycles. The van der Waals surface area contributed by atoms with E-state index in [1.165, 1.54) is 5.56 Å². The molecule has 1 aromatic rings. The lowest BCUT2D eigenvalue weighted by Gasteiger charge is -2.30. The zero-order valence-corrected chi connectivity index (χ0v) is 15.3. The number of rotatable bonds is 6. The highest BCUT2D eigenvalue weighted by Gasteiger charge is 2.27. The maximum Gasteiger partial charge on any atom is 0.317 e. The van der Waals surface area contributed by atoms with E-state index in [9.17, 15) is 9.59 Å². The molecular formula is C19H28N2O4. The first-order chi connectivity index (χ1) is 12.0. The van der Waals surface area contributed by atoms with Crippen molar-refractivity contribution in [3.63, 3.8) is 0 Å². The summed E-state index contributed by atoms with van der Waals surface area (Å²) in [6, 6.07) is 5.96. The number of ether oxygens (including phenoxy) is 2. The largest absolute Gasteiger partial charge is 0.496 e. The van der Waals surface area contributed by atoms with Crippen molar-refractivity contribution < 1.29 is 19.1 Å². The van der Waals surface area contributed by atoms with Gasteiger partial charge in [0.25, 0.3) is 0 Å². The number of nitrogens with one attached hydrogen (secondary N) is 1. The van der Waals surface area contributed by atoms with Crippen molar-refractivity contribution >= 4 is 12.0 Å². The van der Waals surface area contributed by atoms with E-state index in [1.54, 1.807) is 12.0 Å². The van der Waals surface area contributed by atoms with Gasteiger partial charge in [0.05, 0.1) is 19.6 Å². The Kier molecular flexibility index (Phi) is 7.10. The van der Waals surface area contributed by atoms with Gasteiger partial charge < -0.3 is 19.7 Å². The van der Waals surface area contributed by atoms with Crippen LogP contribution in [0.3, 0.4) is 0 Å². The molecule has 0 saturated carbocycles. The average molecular weight is 348 g/mol. The van der Waals surface area contributed by atoms with Crippen LogP contribution in [0.15, 0.2) is 18.2 Å². The van der Waals surface area contributed by atoms with E-state index in [0.717, 1.165) is 17.7 Å². The number of amides is 2. The van der Waals surface area contributed by atoms with Crippen molar-refractivity contribution in [2.45, 2.75) is 33.1 Å². The quantitative estimate of drug-likeness (QED) is 0.802. The van der Waals surface area contributed by atoms with Gasteiger partial charge in [-0.3, -0.25) is 4.79 Å². The third kappa shape index (κ3) is 5.37. The van der Waals surface area contributed by atoms with Gasteiger partial charge in [0, 0.05) is 19.6 Å². The van der Waals surface area contributed by atoms with Crippen LogP contribution in [0.5, 0.6) is 5.75 Å². The molecule has 1 heterocycles. The summed E-state index contributed by atoms with van der Waals surface area (Å²) in [4.78, 5) is 25.8. The summed E-state index contributed by atoms with van der Waals surface area (Å²) in [6.07, 6.45) is 2.05. The number of piperidine rings is 1. The summed E-state index contributed by atoms with van der Waals surface area (Å²) < 4.78 is 10.4. The smallest absolute Gasteiger partial charge is 0.317 e. The molecule has 0 unspecified atom stereocenters. The van der Waals surface area contributed by atoms with Crippen molar-refractivity contribution in [2.75, 3.05) is 33.4 Å². The molecule has 6 nitrogen and oxygen atoms in total. The Labute approximate surface area is 149 Å². The minimum atomic E-state index is -0.144. The number of hydrogen-bond donors (Lipinski definition) is 1. The fourth-order valence-corrected chi connectivity index (χ4v) is 3.10. The number of methoxy groups -OCH3 is 1. The van der Waals surface area contributed by atoms with Crippen LogP contribution in [-0.4, -0.2) is 50.3 Å². The fourth-order valence-electron chi connectivity index (χ4n) is 3.10. The van der Waals surface area contributed by atoms with Crippen LogP contribution in [0.4, 0.5) is 4.79 Å². The number of esters is 1. The normalized spacial score (nSPS) is 14.9. The molecule has 1 fully saturated rings. The van der Waals surface area contributed by atoms with Crippen LogP contribution in [-0.2, 0) is 16.0 Å². The van der Waals surface area contributed by atoms with Gasteiger partial charge >= 0.3 is 12.0 Å². The summed E-state index contributed by atoms with van der Waals surface area (Å²) in [5.41, 5.74) is 2.26. The van der Waals surface area contributed by atoms with E-state index in [4.69, 9.17) is 9.47 Å². The van der Waals surface area contributed by atoms with Gasteiger partial charge in [-0.2, -0.15) is 0 Å². The highest BCUT2D eigenvalue weighted by molar-refractivity contribution is 5.76. The lowest BCUT2D eigenvalue weighted by Crippen LogP contribution is -2.46. The standard InChI is InChI=1S/C19H28N2O4/c1-4-25-18(22)15-8-11-21(12-9-15)19(23)20-10-7-16-13-14(2)5-6-17(16)24-3/h5-6,13,15H,4,7-12H2,1-3H3,(H,20,23). The number of hydrogen-bond acceptors (Lipinski definition) is 4. The first-order valence-corrected chi connectivity index (χ1v) is 8.88. The van der Waals surface area contributed by atoms with Gasteiger partial charge in [0.1, 0.15) is 5.75 Å². The van der Waals surface area contributed by atoms with Crippen molar-refractivity contribution in [2.24, 2.45) is 5.92 Å². The van der Waals surface area contributed by atoms with E-state index in [0.29, 0.717) is 39.1 Å². The van der Waals surface area contributed by atoms with Crippen LogP contribution in [0.2, 0.25) is 0 Å². The van der Waals surface area contributed by atoms with Crippen LogP contribution in [0.1, 0.15) is 30.9 Å². The first-order valence-electron chi connectivity index (χ1n) is 8.88. The number of aryl methyl sites for hydroxylation is 1. The first kappa shape index (κ1) is 19.1. The Bertz CT molecular complexity index is 595. The van der Waals surface area contributed by atoms with Crippen molar-refractivity contribution in [3.8, 4) is 5.75 Å². The predicted molar refractivity (Wildman–Crippen MR) is 95.8 cm³/mol. The van der Waals surface area contributed by atoms with Gasteiger partial charge in [-0.05, 0) is 44.7 Å². The zero-order valence-electron chi connectivity index (χ0n) is 15.3. The molecule has 2 rings (SSSR count). The van der Waals surface area contributed by atoms with Gasteiger partial charge in [-0.15, -0.1) is 0 Å². The maximum atomic E-state index is 12.3. The summed E-state index contributed by atoms with van der Waals surface area (Å²) in [5.74, 6) is 0.616. The molecule has 1 aliphatic heterocycles. The van der Waals surface area contributed by atoms with Crippen molar-refractivity contribution in [1.82, 2.24) is 10.2 Å². The van der Waals surface area contributed by atoms with E-state index in [-0.39, 0.29) is 17.9 Å². The van der Waals surface area contributed by atoms with Crippen LogP contribution >= 0.6 is 0 Å². The summed E-state index contributed by atoms with van der Waals surface area (Å²) in [5, 5.41) is 2.96. The third-order valence-corrected chi connectivity index (χ3v) is 4.51. The molecule has 1 N–H and O–H groups in total. The van der Waals surface area contributed by atoms with Crippen LogP contribution in [0.25, 0.3) is 0 Å². The lowest BCUT2D eigenvalue weighted by atomic mass is 9.97. The number of carbonyl (C=O) groups excluding carboxylic acids is 2. The van der Waals surface area contributed by atoms with E-state index in [1.807, 2.05) is 26.0 Å². The number of nitrogens with zero attached hydrogens (tertiary/aromatic N) is 1. The number of urea groups is 1. The molecule has 0 atom stereocenters. The Morgan fingerprint density at radius 3 is 2.64 bits per heavy atom. The number of benzene rings is 1. The number of likely N-dealkylation sites (tertiary alicyclic amines) is 1. The molecule has 1 aliphatic rings. The second-order valence-electron chi connectivity index (χ2n) is 6.31. The lowest BCUT2D eigenvalue weighted by molar-refractivity contribution is -0.149. The Morgan fingerprint density at radius 2 is 2.00 bits per heavy atom. The van der Waals surface area contributed by atoms with Crippen LogP contribution < -0.4 is 10.1 Å². The van der Waals surface area contributed by atoms with Crippen LogP contribution in [0, 0.1) is 12.8 Å². The van der Waals surface area contributed by atoms with Gasteiger partial charge in [-0.1, -0.05) is 17.7 Å². The highest BCUT2D eigenvalue weighted by atomic mass is 16.5. The summed E-state index contributed by atoms with van der Waals surface area (Å²) in [7, 11) is 1.65. The monoisotopic (exact) mass is 348 g/mol. The summed E-state index contributed by atoms with van der Waals surface area (Å²) in [6.45, 7) is 5.98. The SMILES string of the molecule is CCOC(=O)C1CCN(C(=O)NCCc2cc(C)ccc2OC)CC1. The topological polar surface area (TPSA) is 67.9 Å². The van der Waals surface area contributed by atoms with Gasteiger partial charge in [0.15, 0.2) is 0 Å². The second kappa shape index (κ2) is 9.30. The van der Waals surface area contributed by atoms with E-state index < -0.39 is 0 Å². The Morgan fingerprint density at radius 1 is 1.28 bits per heavy atom. The zero-order chi connectivity index (χ0) is 18.2. The molecule has 2 amide bonds. The van der Waals surface area contributed by atoms with E-state index >= 15 is 0 Å². The third-order valence-electron chi connectivity index (χ3n) is 4.51. The Balaban J connectivity index is 1.76. The van der Waals surface area contributed by atoms with E-state index in [2.05, 4.69) is 11.4 Å². The van der Waals surface area contributed by atoms with Crippen molar-refractivity contribution in [1.29, 1.82) is 0 Å². The van der Waals surface area contributed by atoms with Gasteiger partial charge in [0.2, 0.25) is 0 Å². The maximum absolute atomic E-state index is 12.3. The Hall–Kier alpha value is -2.24. The molecule has 0 aromatic heterocycles. The fraction of sp³-hybridized carbons (Fsp3) is 0.579. The molecule has 138 valence electrons. The van der Waals surface area contributed by atoms with Gasteiger partial charge in [-0.25, -0.2) is 4.79 Å². The molecular weight excluding hydrogens is 320 g/mol. The molecule has 0 spiro atoms. The highest BCUT2D eigenvalue weighted by Crippen LogP contribution is 2.20. The molecule has 1 saturated heterocycles. The molecule has 0 radical (unpaired) electrons. The minimum absolute atomic E-state index is 0.0751. The average Bonchev–Trinajstić information content (AvgIpc) is 2.62. The second-order valence-corrected chi connectivity index (χ2v) is 6.31. The summed E-state index contributed by atoms with van der Waals surface area (Å²) >= 11 is 0. The predicted octanol–water partition coefficient (Wildman–Crippen LogP) is 2.53. The molecule has 6 heteroatoms. The molecule has 25 heavy (non-hydrogen) atoms. The number of carbonyl (C=O) groups is 2. The minimum Gasteiger partial charge on any atom is -0.496 e. The molecule has 0 bridgehead atoms. The molecule has 1 aromatic carbocycles. The van der Waals surface area contributed by atoms with Crippen molar-refractivity contribution in [3.05, 3.63) is 29.3 Å².